The lowest BCUT2D eigenvalue weighted by atomic mass is 10.1. The zero-order valence-electron chi connectivity index (χ0n) is 8.02. The van der Waals surface area contributed by atoms with Crippen molar-refractivity contribution >= 4 is 17.7 Å². The second-order valence-corrected chi connectivity index (χ2v) is 3.37. The van der Waals surface area contributed by atoms with Gasteiger partial charge in [-0.15, -0.1) is 0 Å². The summed E-state index contributed by atoms with van der Waals surface area (Å²) in [6, 6.07) is 6.96. The molecule has 1 amide bonds. The van der Waals surface area contributed by atoms with Gasteiger partial charge in [0.05, 0.1) is 0 Å². The Labute approximate surface area is 92.6 Å². The lowest BCUT2D eigenvalue weighted by Crippen LogP contribution is -2.18. The van der Waals surface area contributed by atoms with Crippen LogP contribution in [-0.2, 0) is 4.74 Å². The molecule has 0 saturated heterocycles. The van der Waals surface area contributed by atoms with E-state index in [-0.39, 0.29) is 13.0 Å². The summed E-state index contributed by atoms with van der Waals surface area (Å²) in [7, 11) is 0. The van der Waals surface area contributed by atoms with Gasteiger partial charge >= 0.3 is 6.09 Å². The summed E-state index contributed by atoms with van der Waals surface area (Å²) >= 11 is 5.92. The average Bonchev–Trinajstić information content (AvgIpc) is 2.17. The predicted molar refractivity (Wildman–Crippen MR) is 56.6 cm³/mol. The van der Waals surface area contributed by atoms with Crippen molar-refractivity contribution in [1.82, 2.24) is 0 Å². The van der Waals surface area contributed by atoms with Crippen molar-refractivity contribution in [1.29, 1.82) is 0 Å². The number of rotatable bonds is 4. The van der Waals surface area contributed by atoms with Crippen molar-refractivity contribution in [2.24, 2.45) is 5.73 Å². The van der Waals surface area contributed by atoms with Gasteiger partial charge in [-0.05, 0) is 6.07 Å². The van der Waals surface area contributed by atoms with E-state index >= 15 is 0 Å². The highest BCUT2D eigenvalue weighted by Gasteiger charge is 2.16. The monoisotopic (exact) mass is 229 g/mol. The number of aliphatic hydroxyl groups is 1. The number of nitrogens with two attached hydrogens (primary N) is 1. The molecule has 0 bridgehead atoms. The van der Waals surface area contributed by atoms with Crippen LogP contribution in [0.5, 0.6) is 0 Å². The first-order valence-corrected chi connectivity index (χ1v) is 4.84. The molecule has 0 heterocycles. The minimum absolute atomic E-state index is 0.108. The highest BCUT2D eigenvalue weighted by atomic mass is 35.5. The van der Waals surface area contributed by atoms with Gasteiger partial charge in [0.1, 0.15) is 6.10 Å². The third-order valence-corrected chi connectivity index (χ3v) is 2.25. The standard InChI is InChI=1S/C10H12ClNO3/c11-8-4-2-1-3-7(8)9(5-6-13)15-10(12)14/h1-4,9,13H,5-6H2,(H2,12,14)/t9-/m0/s1. The maximum Gasteiger partial charge on any atom is 0.405 e. The van der Waals surface area contributed by atoms with Gasteiger partial charge in [0, 0.05) is 23.6 Å². The Morgan fingerprint density at radius 2 is 2.20 bits per heavy atom. The van der Waals surface area contributed by atoms with Crippen LogP contribution < -0.4 is 5.73 Å². The van der Waals surface area contributed by atoms with Gasteiger partial charge in [0.25, 0.3) is 0 Å². The Hall–Kier alpha value is -1.26. The Bertz CT molecular complexity index is 343. The van der Waals surface area contributed by atoms with Gasteiger partial charge < -0.3 is 15.6 Å². The van der Waals surface area contributed by atoms with Crippen molar-refractivity contribution in [3.63, 3.8) is 0 Å². The minimum atomic E-state index is -0.881. The number of hydrogen-bond acceptors (Lipinski definition) is 3. The van der Waals surface area contributed by atoms with Gasteiger partial charge in [-0.25, -0.2) is 4.79 Å². The fraction of sp³-hybridized carbons (Fsp3) is 0.300. The molecular weight excluding hydrogens is 218 g/mol. The molecule has 0 aromatic heterocycles. The van der Waals surface area contributed by atoms with Crippen molar-refractivity contribution in [2.45, 2.75) is 12.5 Å². The molecule has 1 aromatic carbocycles. The summed E-state index contributed by atoms with van der Waals surface area (Å²) in [6.07, 6.45) is -1.21. The van der Waals surface area contributed by atoms with Gasteiger partial charge in [-0.1, -0.05) is 29.8 Å². The molecule has 0 fully saturated rings. The van der Waals surface area contributed by atoms with Crippen LogP contribution in [0, 0.1) is 0 Å². The number of halogens is 1. The second-order valence-electron chi connectivity index (χ2n) is 2.96. The molecule has 82 valence electrons. The van der Waals surface area contributed by atoms with Crippen LogP contribution >= 0.6 is 11.6 Å². The topological polar surface area (TPSA) is 72.6 Å². The van der Waals surface area contributed by atoms with E-state index in [0.29, 0.717) is 10.6 Å². The normalized spacial score (nSPS) is 12.1. The summed E-state index contributed by atoms with van der Waals surface area (Å²) in [5, 5.41) is 9.31. The van der Waals surface area contributed by atoms with Crippen LogP contribution in [0.1, 0.15) is 18.1 Å². The highest BCUT2D eigenvalue weighted by molar-refractivity contribution is 6.31. The van der Waals surface area contributed by atoms with Crippen LogP contribution in [-0.4, -0.2) is 17.8 Å². The molecule has 1 atom stereocenters. The Kier molecular flexibility index (Phi) is 4.39. The molecule has 0 aliphatic rings. The molecule has 1 rings (SSSR count). The van der Waals surface area contributed by atoms with E-state index < -0.39 is 12.2 Å². The molecule has 0 spiro atoms. The zero-order valence-corrected chi connectivity index (χ0v) is 8.78. The third kappa shape index (κ3) is 3.42. The van der Waals surface area contributed by atoms with Crippen LogP contribution in [0.15, 0.2) is 24.3 Å². The SMILES string of the molecule is NC(=O)O[C@@H](CCO)c1ccccc1Cl. The second kappa shape index (κ2) is 5.58. The van der Waals surface area contributed by atoms with E-state index in [9.17, 15) is 4.79 Å². The average molecular weight is 230 g/mol. The molecule has 0 saturated carbocycles. The lowest BCUT2D eigenvalue weighted by molar-refractivity contribution is 0.0878. The number of aliphatic hydroxyl groups excluding tert-OH is 1. The van der Waals surface area contributed by atoms with E-state index in [1.54, 1.807) is 24.3 Å². The van der Waals surface area contributed by atoms with Crippen LogP contribution in [0.4, 0.5) is 4.79 Å². The van der Waals surface area contributed by atoms with Crippen LogP contribution in [0.3, 0.4) is 0 Å². The number of benzene rings is 1. The molecule has 1 aromatic rings. The van der Waals surface area contributed by atoms with Crippen molar-refractivity contribution in [3.8, 4) is 0 Å². The largest absolute Gasteiger partial charge is 0.441 e. The fourth-order valence-electron chi connectivity index (χ4n) is 1.27. The Morgan fingerprint density at radius 3 is 2.73 bits per heavy atom. The van der Waals surface area contributed by atoms with Gasteiger partial charge in [0.2, 0.25) is 0 Å². The van der Waals surface area contributed by atoms with Gasteiger partial charge in [-0.3, -0.25) is 0 Å². The smallest absolute Gasteiger partial charge is 0.405 e. The van der Waals surface area contributed by atoms with E-state index in [0.717, 1.165) is 0 Å². The molecule has 5 heteroatoms. The van der Waals surface area contributed by atoms with E-state index in [1.165, 1.54) is 0 Å². The summed E-state index contributed by atoms with van der Waals surface area (Å²) < 4.78 is 4.85. The maximum absolute atomic E-state index is 10.6. The fourth-order valence-corrected chi connectivity index (χ4v) is 1.53. The first kappa shape index (κ1) is 11.8. The number of amides is 1. The molecule has 4 nitrogen and oxygen atoms in total. The zero-order chi connectivity index (χ0) is 11.3. The number of carbonyl (C=O) groups is 1. The van der Waals surface area contributed by atoms with Crippen LogP contribution in [0.25, 0.3) is 0 Å². The molecule has 0 aliphatic heterocycles. The number of primary amides is 1. The number of carbonyl (C=O) groups excluding carboxylic acids is 1. The summed E-state index contributed by atoms with van der Waals surface area (Å²) in [5.74, 6) is 0. The third-order valence-electron chi connectivity index (χ3n) is 1.90. The van der Waals surface area contributed by atoms with Gasteiger partial charge in [0.15, 0.2) is 0 Å². The first-order valence-electron chi connectivity index (χ1n) is 4.46. The summed E-state index contributed by atoms with van der Waals surface area (Å²) in [5.41, 5.74) is 5.57. The van der Waals surface area contributed by atoms with Crippen LogP contribution in [0.2, 0.25) is 5.02 Å². The van der Waals surface area contributed by atoms with Gasteiger partial charge in [-0.2, -0.15) is 0 Å². The Balaban J connectivity index is 2.88. The summed E-state index contributed by atoms with van der Waals surface area (Å²) in [6.45, 7) is -0.108. The molecule has 0 radical (unpaired) electrons. The van der Waals surface area contributed by atoms with Crippen molar-refractivity contribution < 1.29 is 14.6 Å². The first-order chi connectivity index (χ1) is 7.15. The predicted octanol–water partition coefficient (Wildman–Crippen LogP) is 1.86. The number of ether oxygens (including phenoxy) is 1. The van der Waals surface area contributed by atoms with Crippen molar-refractivity contribution in [3.05, 3.63) is 34.9 Å². The van der Waals surface area contributed by atoms with Crippen molar-refractivity contribution in [2.75, 3.05) is 6.61 Å². The van der Waals surface area contributed by atoms with E-state index in [1.807, 2.05) is 0 Å². The molecule has 0 unspecified atom stereocenters. The molecular formula is C10H12ClNO3. The highest BCUT2D eigenvalue weighted by Crippen LogP contribution is 2.27. The minimum Gasteiger partial charge on any atom is -0.441 e. The molecule has 15 heavy (non-hydrogen) atoms. The lowest BCUT2D eigenvalue weighted by Gasteiger charge is -2.16. The van der Waals surface area contributed by atoms with E-state index in [2.05, 4.69) is 0 Å². The summed E-state index contributed by atoms with van der Waals surface area (Å²) in [4.78, 5) is 10.6. The molecule has 3 N–H and O–H groups in total. The number of hydrogen-bond donors (Lipinski definition) is 2. The maximum atomic E-state index is 10.6. The quantitative estimate of drug-likeness (QED) is 0.828. The molecule has 0 aliphatic carbocycles. The Morgan fingerprint density at radius 1 is 1.53 bits per heavy atom. The van der Waals surface area contributed by atoms with E-state index in [4.69, 9.17) is 27.2 Å².